The van der Waals surface area contributed by atoms with E-state index in [0.29, 0.717) is 5.92 Å². The smallest absolute Gasteiger partial charge is 0.223 e. The lowest BCUT2D eigenvalue weighted by Crippen LogP contribution is -2.42. The van der Waals surface area contributed by atoms with Crippen molar-refractivity contribution in [2.24, 2.45) is 5.92 Å². The van der Waals surface area contributed by atoms with Gasteiger partial charge in [-0.25, -0.2) is 4.98 Å². The van der Waals surface area contributed by atoms with Crippen molar-refractivity contribution >= 4 is 22.6 Å². The number of hydrogen-bond donors (Lipinski definition) is 1. The van der Waals surface area contributed by atoms with Crippen molar-refractivity contribution in [3.05, 3.63) is 5.82 Å². The summed E-state index contributed by atoms with van der Waals surface area (Å²) in [5, 5.41) is 4.05. The fourth-order valence-electron chi connectivity index (χ4n) is 2.60. The quantitative estimate of drug-likeness (QED) is 0.924. The van der Waals surface area contributed by atoms with E-state index >= 15 is 0 Å². The Morgan fingerprint density at radius 2 is 2.00 bits per heavy atom. The SMILES string of the molecule is CC(C)NC(=O)C1CCN(c2nc(C3CC3)ns2)CC1. The Balaban J connectivity index is 1.53. The molecule has 1 aromatic heterocycles. The van der Waals surface area contributed by atoms with Gasteiger partial charge in [0.05, 0.1) is 0 Å². The second-order valence-electron chi connectivity index (χ2n) is 6.13. The van der Waals surface area contributed by atoms with Gasteiger partial charge < -0.3 is 10.2 Å². The molecule has 0 spiro atoms. The molecule has 1 aliphatic heterocycles. The minimum absolute atomic E-state index is 0.157. The van der Waals surface area contributed by atoms with Crippen LogP contribution in [0.25, 0.3) is 0 Å². The van der Waals surface area contributed by atoms with Crippen LogP contribution < -0.4 is 10.2 Å². The second-order valence-corrected chi connectivity index (χ2v) is 6.86. The van der Waals surface area contributed by atoms with Crippen LogP contribution in [0.4, 0.5) is 5.13 Å². The van der Waals surface area contributed by atoms with Crippen LogP contribution >= 0.6 is 11.5 Å². The van der Waals surface area contributed by atoms with E-state index in [1.807, 2.05) is 13.8 Å². The van der Waals surface area contributed by atoms with E-state index in [1.54, 1.807) is 0 Å². The van der Waals surface area contributed by atoms with Gasteiger partial charge in [-0.2, -0.15) is 4.37 Å². The van der Waals surface area contributed by atoms with Gasteiger partial charge in [-0.3, -0.25) is 4.79 Å². The first-order valence-corrected chi connectivity index (χ1v) is 8.29. The molecular formula is C14H22N4OS. The molecule has 6 heteroatoms. The van der Waals surface area contributed by atoms with Crippen molar-refractivity contribution in [1.29, 1.82) is 0 Å². The molecular weight excluding hydrogens is 272 g/mol. The highest BCUT2D eigenvalue weighted by molar-refractivity contribution is 7.09. The zero-order valence-electron chi connectivity index (χ0n) is 12.1. The van der Waals surface area contributed by atoms with E-state index in [-0.39, 0.29) is 17.9 Å². The first kappa shape index (κ1) is 13.8. The fourth-order valence-corrected chi connectivity index (χ4v) is 3.40. The minimum atomic E-state index is 0.157. The summed E-state index contributed by atoms with van der Waals surface area (Å²) in [6.45, 7) is 5.84. The largest absolute Gasteiger partial charge is 0.354 e. The Hall–Kier alpha value is -1.17. The van der Waals surface area contributed by atoms with E-state index in [4.69, 9.17) is 0 Å². The number of aromatic nitrogens is 2. The third-order valence-electron chi connectivity index (χ3n) is 3.94. The van der Waals surface area contributed by atoms with Crippen molar-refractivity contribution in [2.75, 3.05) is 18.0 Å². The minimum Gasteiger partial charge on any atom is -0.354 e. The lowest BCUT2D eigenvalue weighted by Gasteiger charge is -2.31. The molecule has 110 valence electrons. The number of piperidine rings is 1. The molecule has 0 bridgehead atoms. The van der Waals surface area contributed by atoms with Gasteiger partial charge in [0.15, 0.2) is 0 Å². The van der Waals surface area contributed by atoms with Crippen molar-refractivity contribution in [1.82, 2.24) is 14.7 Å². The van der Waals surface area contributed by atoms with E-state index in [9.17, 15) is 4.79 Å². The van der Waals surface area contributed by atoms with E-state index in [1.165, 1.54) is 24.4 Å². The Morgan fingerprint density at radius 3 is 2.60 bits per heavy atom. The Kier molecular flexibility index (Phi) is 3.92. The van der Waals surface area contributed by atoms with Gasteiger partial charge in [-0.15, -0.1) is 0 Å². The molecule has 2 aliphatic rings. The molecule has 5 nitrogen and oxygen atoms in total. The number of rotatable bonds is 4. The Labute approximate surface area is 123 Å². The summed E-state index contributed by atoms with van der Waals surface area (Å²) in [7, 11) is 0. The normalized spacial score (nSPS) is 20.4. The molecule has 2 fully saturated rings. The number of carbonyl (C=O) groups is 1. The number of carbonyl (C=O) groups excluding carboxylic acids is 1. The van der Waals surface area contributed by atoms with Gasteiger partial charge >= 0.3 is 0 Å². The number of nitrogens with zero attached hydrogens (tertiary/aromatic N) is 3. The van der Waals surface area contributed by atoms with Gasteiger partial charge in [0, 0.05) is 42.5 Å². The number of anilines is 1. The van der Waals surface area contributed by atoms with Crippen LogP contribution in [0.15, 0.2) is 0 Å². The predicted octanol–water partition coefficient (Wildman–Crippen LogP) is 2.16. The van der Waals surface area contributed by atoms with E-state index in [2.05, 4.69) is 19.6 Å². The average molecular weight is 294 g/mol. The lowest BCUT2D eigenvalue weighted by atomic mass is 9.96. The van der Waals surface area contributed by atoms with Gasteiger partial charge in [0.25, 0.3) is 0 Å². The molecule has 1 saturated heterocycles. The van der Waals surface area contributed by atoms with Crippen molar-refractivity contribution in [3.63, 3.8) is 0 Å². The van der Waals surface area contributed by atoms with Crippen molar-refractivity contribution < 1.29 is 4.79 Å². The van der Waals surface area contributed by atoms with E-state index in [0.717, 1.165) is 36.9 Å². The lowest BCUT2D eigenvalue weighted by molar-refractivity contribution is -0.126. The van der Waals surface area contributed by atoms with Gasteiger partial charge in [-0.1, -0.05) is 0 Å². The van der Waals surface area contributed by atoms with Crippen LogP contribution in [0.3, 0.4) is 0 Å². The standard InChI is InChI=1S/C14H22N4OS/c1-9(2)15-13(19)11-5-7-18(8-6-11)14-16-12(17-20-14)10-3-4-10/h9-11H,3-8H2,1-2H3,(H,15,19). The summed E-state index contributed by atoms with van der Waals surface area (Å²) >= 11 is 1.51. The summed E-state index contributed by atoms with van der Waals surface area (Å²) in [5.74, 6) is 2.01. The number of hydrogen-bond acceptors (Lipinski definition) is 5. The van der Waals surface area contributed by atoms with Crippen LogP contribution in [0, 0.1) is 5.92 Å². The molecule has 1 aliphatic carbocycles. The second kappa shape index (κ2) is 5.68. The average Bonchev–Trinajstić information content (AvgIpc) is 3.16. The van der Waals surface area contributed by atoms with E-state index < -0.39 is 0 Å². The monoisotopic (exact) mass is 294 g/mol. The fraction of sp³-hybridized carbons (Fsp3) is 0.786. The van der Waals surface area contributed by atoms with Crippen molar-refractivity contribution in [2.45, 2.75) is 51.5 Å². The highest BCUT2D eigenvalue weighted by Gasteiger charge is 2.30. The molecule has 0 unspecified atom stereocenters. The zero-order chi connectivity index (χ0) is 14.1. The summed E-state index contributed by atoms with van der Waals surface area (Å²) < 4.78 is 4.46. The maximum Gasteiger partial charge on any atom is 0.223 e. The maximum atomic E-state index is 12.0. The molecule has 0 radical (unpaired) electrons. The summed E-state index contributed by atoms with van der Waals surface area (Å²) in [4.78, 5) is 18.9. The molecule has 1 amide bonds. The highest BCUT2D eigenvalue weighted by atomic mass is 32.1. The molecule has 0 aromatic carbocycles. The summed E-state index contributed by atoms with van der Waals surface area (Å²) in [6, 6.07) is 0.227. The molecule has 1 saturated carbocycles. The van der Waals surface area contributed by atoms with Crippen LogP contribution in [0.5, 0.6) is 0 Å². The van der Waals surface area contributed by atoms with Crippen LogP contribution in [0.1, 0.15) is 51.3 Å². The summed E-state index contributed by atoms with van der Waals surface area (Å²) in [6.07, 6.45) is 4.31. The number of amides is 1. The number of nitrogens with one attached hydrogen (secondary N) is 1. The first-order valence-electron chi connectivity index (χ1n) is 7.52. The third-order valence-corrected chi connectivity index (χ3v) is 4.73. The first-order chi connectivity index (χ1) is 9.63. The van der Waals surface area contributed by atoms with Crippen molar-refractivity contribution in [3.8, 4) is 0 Å². The van der Waals surface area contributed by atoms with Gasteiger partial charge in [0.1, 0.15) is 5.82 Å². The van der Waals surface area contributed by atoms with Crippen LogP contribution in [0.2, 0.25) is 0 Å². The van der Waals surface area contributed by atoms with Crippen LogP contribution in [-0.2, 0) is 4.79 Å². The predicted molar refractivity (Wildman–Crippen MR) is 80.1 cm³/mol. The molecule has 0 atom stereocenters. The topological polar surface area (TPSA) is 58.1 Å². The Morgan fingerprint density at radius 1 is 1.30 bits per heavy atom. The third kappa shape index (κ3) is 3.11. The van der Waals surface area contributed by atoms with Gasteiger partial charge in [0.2, 0.25) is 11.0 Å². The maximum absolute atomic E-state index is 12.0. The molecule has 3 rings (SSSR count). The van der Waals surface area contributed by atoms with Crippen LogP contribution in [-0.4, -0.2) is 34.4 Å². The molecule has 1 aromatic rings. The highest BCUT2D eigenvalue weighted by Crippen LogP contribution is 2.40. The zero-order valence-corrected chi connectivity index (χ0v) is 12.9. The molecule has 2 heterocycles. The molecule has 1 N–H and O–H groups in total. The molecule has 20 heavy (non-hydrogen) atoms. The van der Waals surface area contributed by atoms with Gasteiger partial charge in [-0.05, 0) is 39.5 Å². The summed E-state index contributed by atoms with van der Waals surface area (Å²) in [5.41, 5.74) is 0. The Bertz CT molecular complexity index is 475.